The van der Waals surface area contributed by atoms with Crippen molar-refractivity contribution in [2.45, 2.75) is 6.42 Å². The van der Waals surface area contributed by atoms with Gasteiger partial charge in [-0.2, -0.15) is 10.4 Å². The molecule has 0 saturated carbocycles. The monoisotopic (exact) mass is 234 g/mol. The molecule has 0 spiro atoms. The highest BCUT2D eigenvalue weighted by molar-refractivity contribution is 5.63. The Morgan fingerprint density at radius 3 is 2.78 bits per heavy atom. The molecule has 2 aromatic heterocycles. The van der Waals surface area contributed by atoms with Gasteiger partial charge in [-0.25, -0.2) is 9.50 Å². The smallest absolute Gasteiger partial charge is 0.154 e. The molecule has 0 unspecified atom stereocenters. The predicted molar refractivity (Wildman–Crippen MR) is 67.7 cm³/mol. The number of hydrogen-bond donors (Lipinski definition) is 0. The zero-order valence-corrected chi connectivity index (χ0v) is 9.61. The minimum absolute atomic E-state index is 0.436. The number of nitrogens with zero attached hydrogens (tertiary/aromatic N) is 4. The first-order valence-corrected chi connectivity index (χ1v) is 5.63. The molecule has 3 aromatic rings. The normalized spacial score (nSPS) is 10.4. The van der Waals surface area contributed by atoms with Gasteiger partial charge in [0.2, 0.25) is 0 Å². The second-order valence-corrected chi connectivity index (χ2v) is 3.97. The standard InChI is InChI=1S/C14H10N4/c15-8-7-11-3-5-12(6-4-11)13-10-16-14-2-1-9-17-18(13)14/h1-6,9-10H,7H2. The van der Waals surface area contributed by atoms with Gasteiger partial charge in [0.25, 0.3) is 0 Å². The summed E-state index contributed by atoms with van der Waals surface area (Å²) >= 11 is 0. The average molecular weight is 234 g/mol. The second-order valence-electron chi connectivity index (χ2n) is 3.97. The van der Waals surface area contributed by atoms with Gasteiger partial charge in [0, 0.05) is 11.8 Å². The van der Waals surface area contributed by atoms with Gasteiger partial charge in [0.15, 0.2) is 5.65 Å². The summed E-state index contributed by atoms with van der Waals surface area (Å²) < 4.78 is 1.80. The molecule has 0 fully saturated rings. The topological polar surface area (TPSA) is 54.0 Å². The Balaban J connectivity index is 2.07. The van der Waals surface area contributed by atoms with Crippen LogP contribution in [0.1, 0.15) is 5.56 Å². The highest BCUT2D eigenvalue weighted by Crippen LogP contribution is 2.20. The maximum atomic E-state index is 8.64. The molecule has 0 radical (unpaired) electrons. The number of aromatic nitrogens is 3. The summed E-state index contributed by atoms with van der Waals surface area (Å²) in [6.45, 7) is 0. The van der Waals surface area contributed by atoms with E-state index < -0.39 is 0 Å². The summed E-state index contributed by atoms with van der Waals surface area (Å²) in [6.07, 6.45) is 3.98. The Morgan fingerprint density at radius 1 is 1.17 bits per heavy atom. The van der Waals surface area contributed by atoms with Crippen LogP contribution < -0.4 is 0 Å². The molecule has 0 saturated heterocycles. The lowest BCUT2D eigenvalue weighted by atomic mass is 10.1. The van der Waals surface area contributed by atoms with E-state index in [1.54, 1.807) is 10.7 Å². The SMILES string of the molecule is N#CCc1ccc(-c2cnc3cccnn23)cc1. The Morgan fingerprint density at radius 2 is 2.00 bits per heavy atom. The maximum Gasteiger partial charge on any atom is 0.154 e. The molecular weight excluding hydrogens is 224 g/mol. The van der Waals surface area contributed by atoms with Gasteiger partial charge in [-0.15, -0.1) is 0 Å². The molecule has 0 atom stereocenters. The van der Waals surface area contributed by atoms with Crippen LogP contribution in [0.25, 0.3) is 16.9 Å². The number of nitriles is 1. The molecule has 4 nitrogen and oxygen atoms in total. The van der Waals surface area contributed by atoms with Gasteiger partial charge in [-0.3, -0.25) is 0 Å². The van der Waals surface area contributed by atoms with Gasteiger partial charge in [-0.1, -0.05) is 24.3 Å². The fourth-order valence-electron chi connectivity index (χ4n) is 1.91. The van der Waals surface area contributed by atoms with Crippen molar-refractivity contribution in [2.75, 3.05) is 0 Å². The first-order chi connectivity index (χ1) is 8.88. The minimum atomic E-state index is 0.436. The third-order valence-electron chi connectivity index (χ3n) is 2.81. The zero-order valence-electron chi connectivity index (χ0n) is 9.61. The van der Waals surface area contributed by atoms with Crippen LogP contribution in [0.3, 0.4) is 0 Å². The summed E-state index contributed by atoms with van der Waals surface area (Å²) in [5.41, 5.74) is 3.84. The van der Waals surface area contributed by atoms with Crippen molar-refractivity contribution in [2.24, 2.45) is 0 Å². The Hall–Kier alpha value is -2.67. The number of rotatable bonds is 2. The van der Waals surface area contributed by atoms with E-state index >= 15 is 0 Å². The highest BCUT2D eigenvalue weighted by Gasteiger charge is 2.05. The Labute approximate surface area is 104 Å². The summed E-state index contributed by atoms with van der Waals surface area (Å²) in [5, 5.41) is 12.9. The summed E-state index contributed by atoms with van der Waals surface area (Å²) in [6, 6.07) is 13.8. The lowest BCUT2D eigenvalue weighted by Gasteiger charge is -2.01. The van der Waals surface area contributed by atoms with Crippen molar-refractivity contribution in [3.63, 3.8) is 0 Å². The van der Waals surface area contributed by atoms with E-state index in [-0.39, 0.29) is 0 Å². The molecule has 18 heavy (non-hydrogen) atoms. The van der Waals surface area contributed by atoms with Crippen molar-refractivity contribution in [1.82, 2.24) is 14.6 Å². The van der Waals surface area contributed by atoms with Crippen LogP contribution in [0.15, 0.2) is 48.8 Å². The van der Waals surface area contributed by atoms with Gasteiger partial charge in [0.05, 0.1) is 24.4 Å². The highest BCUT2D eigenvalue weighted by atomic mass is 15.2. The third-order valence-corrected chi connectivity index (χ3v) is 2.81. The van der Waals surface area contributed by atoms with Crippen LogP contribution in [0.4, 0.5) is 0 Å². The summed E-state index contributed by atoms with van der Waals surface area (Å²) in [5.74, 6) is 0. The van der Waals surface area contributed by atoms with Crippen molar-refractivity contribution in [3.05, 3.63) is 54.4 Å². The fourth-order valence-corrected chi connectivity index (χ4v) is 1.91. The third kappa shape index (κ3) is 1.72. The number of imidazole rings is 1. The summed E-state index contributed by atoms with van der Waals surface area (Å²) in [4.78, 5) is 4.30. The first-order valence-electron chi connectivity index (χ1n) is 5.63. The van der Waals surface area contributed by atoms with E-state index in [2.05, 4.69) is 16.2 Å². The second kappa shape index (κ2) is 4.30. The number of hydrogen-bond acceptors (Lipinski definition) is 3. The van der Waals surface area contributed by atoms with E-state index in [1.165, 1.54) is 0 Å². The van der Waals surface area contributed by atoms with E-state index in [1.807, 2.05) is 42.6 Å². The molecule has 0 aliphatic heterocycles. The molecule has 0 amide bonds. The quantitative estimate of drug-likeness (QED) is 0.684. The molecule has 1 aromatic carbocycles. The van der Waals surface area contributed by atoms with Gasteiger partial charge in [0.1, 0.15) is 0 Å². The molecule has 0 N–H and O–H groups in total. The van der Waals surface area contributed by atoms with Crippen LogP contribution in [-0.2, 0) is 6.42 Å². The minimum Gasteiger partial charge on any atom is -0.235 e. The molecule has 0 bridgehead atoms. The van der Waals surface area contributed by atoms with Crippen LogP contribution in [-0.4, -0.2) is 14.6 Å². The molecule has 3 rings (SSSR count). The Bertz CT molecular complexity index is 719. The molecular formula is C14H10N4. The Kier molecular flexibility index (Phi) is 2.50. The van der Waals surface area contributed by atoms with Crippen molar-refractivity contribution < 1.29 is 0 Å². The zero-order chi connectivity index (χ0) is 12.4. The largest absolute Gasteiger partial charge is 0.235 e. The van der Waals surface area contributed by atoms with E-state index in [4.69, 9.17) is 5.26 Å². The molecule has 86 valence electrons. The number of fused-ring (bicyclic) bond motifs is 1. The van der Waals surface area contributed by atoms with Crippen LogP contribution in [0.2, 0.25) is 0 Å². The average Bonchev–Trinajstić information content (AvgIpc) is 2.84. The van der Waals surface area contributed by atoms with Crippen LogP contribution in [0.5, 0.6) is 0 Å². The van der Waals surface area contributed by atoms with Gasteiger partial charge >= 0.3 is 0 Å². The van der Waals surface area contributed by atoms with Crippen molar-refractivity contribution in [1.29, 1.82) is 5.26 Å². The molecule has 0 aliphatic carbocycles. The lowest BCUT2D eigenvalue weighted by Crippen LogP contribution is -1.92. The summed E-state index contributed by atoms with van der Waals surface area (Å²) in [7, 11) is 0. The molecule has 2 heterocycles. The molecule has 0 aliphatic rings. The van der Waals surface area contributed by atoms with Gasteiger partial charge in [-0.05, 0) is 17.7 Å². The van der Waals surface area contributed by atoms with Crippen molar-refractivity contribution >= 4 is 5.65 Å². The fraction of sp³-hybridized carbons (Fsp3) is 0.0714. The molecule has 4 heteroatoms. The number of benzene rings is 1. The van der Waals surface area contributed by atoms with E-state index in [9.17, 15) is 0 Å². The van der Waals surface area contributed by atoms with Crippen molar-refractivity contribution in [3.8, 4) is 17.3 Å². The van der Waals surface area contributed by atoms with E-state index in [0.29, 0.717) is 6.42 Å². The maximum absolute atomic E-state index is 8.64. The predicted octanol–water partition coefficient (Wildman–Crippen LogP) is 2.46. The first kappa shape index (κ1) is 10.5. The van der Waals surface area contributed by atoms with Gasteiger partial charge < -0.3 is 0 Å². The van der Waals surface area contributed by atoms with Crippen LogP contribution >= 0.6 is 0 Å². The lowest BCUT2D eigenvalue weighted by molar-refractivity contribution is 0.942. The van der Waals surface area contributed by atoms with Crippen LogP contribution in [0, 0.1) is 11.3 Å². The van der Waals surface area contributed by atoms with E-state index in [0.717, 1.165) is 22.5 Å².